The van der Waals surface area contributed by atoms with Gasteiger partial charge in [-0.25, -0.2) is 0 Å². The van der Waals surface area contributed by atoms with Gasteiger partial charge in [-0.15, -0.1) is 0 Å². The Balaban J connectivity index is 1.76. The summed E-state index contributed by atoms with van der Waals surface area (Å²) in [5, 5.41) is 0. The molecule has 0 aromatic heterocycles. The van der Waals surface area contributed by atoms with Crippen LogP contribution in [-0.2, 0) is 6.42 Å². The summed E-state index contributed by atoms with van der Waals surface area (Å²) in [4.78, 5) is 0. The average Bonchev–Trinajstić information content (AvgIpc) is 3.27. The van der Waals surface area contributed by atoms with E-state index in [0.29, 0.717) is 25.0 Å². The van der Waals surface area contributed by atoms with Crippen molar-refractivity contribution in [2.45, 2.75) is 59.8 Å². The quantitative estimate of drug-likeness (QED) is 0.215. The first kappa shape index (κ1) is 25.1. The van der Waals surface area contributed by atoms with Gasteiger partial charge < -0.3 is 9.47 Å². The molecule has 2 heteroatoms. The fraction of sp³-hybridized carbons (Fsp3) is 0.314. The first-order valence-corrected chi connectivity index (χ1v) is 13.7. The van der Waals surface area contributed by atoms with Gasteiger partial charge in [0.1, 0.15) is 11.5 Å². The maximum absolute atomic E-state index is 6.01. The molecule has 1 aliphatic carbocycles. The van der Waals surface area contributed by atoms with Gasteiger partial charge in [-0.3, -0.25) is 0 Å². The lowest BCUT2D eigenvalue weighted by atomic mass is 9.85. The molecule has 0 N–H and O–H groups in total. The minimum atomic E-state index is 0.372. The highest BCUT2D eigenvalue weighted by atomic mass is 16.5. The molecule has 4 aromatic rings. The van der Waals surface area contributed by atoms with Gasteiger partial charge >= 0.3 is 0 Å². The Morgan fingerprint density at radius 1 is 0.622 bits per heavy atom. The fourth-order valence-corrected chi connectivity index (χ4v) is 5.68. The zero-order valence-corrected chi connectivity index (χ0v) is 23.0. The predicted molar refractivity (Wildman–Crippen MR) is 156 cm³/mol. The second-order valence-corrected chi connectivity index (χ2v) is 10.5. The average molecular weight is 491 g/mol. The molecule has 0 fully saturated rings. The van der Waals surface area contributed by atoms with Gasteiger partial charge in [0.05, 0.1) is 13.2 Å². The van der Waals surface area contributed by atoms with Crippen molar-refractivity contribution >= 4 is 0 Å². The molecule has 0 aliphatic heterocycles. The molecule has 0 saturated heterocycles. The molecule has 0 saturated carbocycles. The van der Waals surface area contributed by atoms with Crippen LogP contribution in [-0.4, -0.2) is 13.2 Å². The van der Waals surface area contributed by atoms with Crippen molar-refractivity contribution in [1.29, 1.82) is 0 Å². The molecule has 0 bridgehead atoms. The lowest BCUT2D eigenvalue weighted by molar-refractivity contribution is 0.335. The number of rotatable bonds is 8. The van der Waals surface area contributed by atoms with Crippen molar-refractivity contribution in [3.8, 4) is 44.9 Å². The van der Waals surface area contributed by atoms with E-state index in [9.17, 15) is 0 Å². The zero-order valence-electron chi connectivity index (χ0n) is 23.0. The van der Waals surface area contributed by atoms with Crippen LogP contribution in [0.1, 0.15) is 75.6 Å². The summed E-state index contributed by atoms with van der Waals surface area (Å²) >= 11 is 0. The van der Waals surface area contributed by atoms with Crippen LogP contribution in [0.15, 0.2) is 72.8 Å². The van der Waals surface area contributed by atoms with Crippen molar-refractivity contribution in [2.75, 3.05) is 13.2 Å². The van der Waals surface area contributed by atoms with Gasteiger partial charge in [-0.2, -0.15) is 0 Å². The molecule has 0 amide bonds. The highest BCUT2D eigenvalue weighted by Gasteiger charge is 2.25. The summed E-state index contributed by atoms with van der Waals surface area (Å²) in [5.41, 5.74) is 13.1. The fourth-order valence-electron chi connectivity index (χ4n) is 5.68. The van der Waals surface area contributed by atoms with Gasteiger partial charge in [0.2, 0.25) is 0 Å². The molecule has 4 aromatic carbocycles. The van der Waals surface area contributed by atoms with Crippen LogP contribution in [0.2, 0.25) is 0 Å². The van der Waals surface area contributed by atoms with E-state index >= 15 is 0 Å². The van der Waals surface area contributed by atoms with Crippen molar-refractivity contribution in [1.82, 2.24) is 0 Å². The number of benzene rings is 4. The Morgan fingerprint density at radius 2 is 1.19 bits per heavy atom. The normalized spacial score (nSPS) is 12.1. The lowest BCUT2D eigenvalue weighted by Crippen LogP contribution is -2.01. The van der Waals surface area contributed by atoms with E-state index in [4.69, 9.17) is 9.47 Å². The molecule has 2 nitrogen and oxygen atoms in total. The summed E-state index contributed by atoms with van der Waals surface area (Å²) in [7, 11) is 0. The smallest absolute Gasteiger partial charge is 0.122 e. The lowest BCUT2D eigenvalue weighted by Gasteiger charge is -2.21. The Bertz CT molecular complexity index is 1430. The van der Waals surface area contributed by atoms with Crippen molar-refractivity contribution < 1.29 is 9.47 Å². The summed E-state index contributed by atoms with van der Waals surface area (Å²) in [6.45, 7) is 14.4. The molecule has 0 heterocycles. The summed E-state index contributed by atoms with van der Waals surface area (Å²) in [5.74, 6) is 2.72. The van der Waals surface area contributed by atoms with E-state index in [1.807, 2.05) is 6.92 Å². The van der Waals surface area contributed by atoms with E-state index in [-0.39, 0.29) is 0 Å². The Morgan fingerprint density at radius 3 is 1.81 bits per heavy atom. The van der Waals surface area contributed by atoms with Gasteiger partial charge in [-0.1, -0.05) is 76.2 Å². The van der Waals surface area contributed by atoms with Gasteiger partial charge in [0, 0.05) is 0 Å². The van der Waals surface area contributed by atoms with Crippen LogP contribution in [0, 0.1) is 0 Å². The van der Waals surface area contributed by atoms with E-state index in [1.54, 1.807) is 0 Å². The predicted octanol–water partition coefficient (Wildman–Crippen LogP) is 9.64. The summed E-state index contributed by atoms with van der Waals surface area (Å²) in [6.07, 6.45) is 0.951. The molecule has 0 radical (unpaired) electrons. The second-order valence-electron chi connectivity index (χ2n) is 10.5. The molecular weight excluding hydrogens is 452 g/mol. The maximum Gasteiger partial charge on any atom is 0.122 e. The topological polar surface area (TPSA) is 18.5 Å². The molecule has 0 atom stereocenters. The summed E-state index contributed by atoms with van der Waals surface area (Å²) < 4.78 is 12.0. The second kappa shape index (κ2) is 10.5. The van der Waals surface area contributed by atoms with Gasteiger partial charge in [0.15, 0.2) is 0 Å². The van der Waals surface area contributed by atoms with E-state index in [1.165, 1.54) is 55.6 Å². The third-order valence-electron chi connectivity index (χ3n) is 7.45. The van der Waals surface area contributed by atoms with Gasteiger partial charge in [-0.05, 0) is 112 Å². The number of fused-ring (bicyclic) bond motifs is 3. The highest BCUT2D eigenvalue weighted by molar-refractivity contribution is 5.94. The van der Waals surface area contributed by atoms with Crippen LogP contribution >= 0.6 is 0 Å². The largest absolute Gasteiger partial charge is 0.494 e. The monoisotopic (exact) mass is 490 g/mol. The van der Waals surface area contributed by atoms with E-state index < -0.39 is 0 Å². The van der Waals surface area contributed by atoms with Crippen LogP contribution in [0.5, 0.6) is 11.5 Å². The standard InChI is InChI=1S/C35H38O2/c1-7-36-33-17-13-25(19-30(33)22(3)4)28-15-16-29-27-12-10-9-11-24(27)20-32(29)35(28)26-14-18-34(37-8-2)31(21-26)23(5)6/h9-19,21-23H,7-8,20H2,1-6H3. The zero-order chi connectivity index (χ0) is 26.1. The third-order valence-corrected chi connectivity index (χ3v) is 7.45. The van der Waals surface area contributed by atoms with E-state index in [2.05, 4.69) is 107 Å². The minimum Gasteiger partial charge on any atom is -0.494 e. The number of ether oxygens (including phenoxy) is 2. The molecule has 0 spiro atoms. The van der Waals surface area contributed by atoms with Crippen molar-refractivity contribution in [2.24, 2.45) is 0 Å². The Labute approximate surface area is 222 Å². The highest BCUT2D eigenvalue weighted by Crippen LogP contribution is 2.47. The molecule has 190 valence electrons. The number of hydrogen-bond acceptors (Lipinski definition) is 2. The van der Waals surface area contributed by atoms with Crippen molar-refractivity contribution in [3.63, 3.8) is 0 Å². The SMILES string of the molecule is CCOc1ccc(-c2ccc3c(c2-c2ccc(OCC)c(C(C)C)c2)Cc2ccccc2-3)cc1C(C)C. The third kappa shape index (κ3) is 4.66. The Kier molecular flexibility index (Phi) is 7.11. The minimum absolute atomic E-state index is 0.372. The van der Waals surface area contributed by atoms with Crippen LogP contribution in [0.3, 0.4) is 0 Å². The van der Waals surface area contributed by atoms with Gasteiger partial charge in [0.25, 0.3) is 0 Å². The molecule has 1 aliphatic rings. The maximum atomic E-state index is 6.01. The van der Waals surface area contributed by atoms with Crippen LogP contribution < -0.4 is 9.47 Å². The van der Waals surface area contributed by atoms with E-state index in [0.717, 1.165) is 17.9 Å². The summed E-state index contributed by atoms with van der Waals surface area (Å²) in [6, 6.07) is 27.0. The first-order valence-electron chi connectivity index (χ1n) is 13.7. The first-order chi connectivity index (χ1) is 17.9. The Hall–Kier alpha value is -3.52. The van der Waals surface area contributed by atoms with Crippen molar-refractivity contribution in [3.05, 3.63) is 95.1 Å². The van der Waals surface area contributed by atoms with Crippen LogP contribution in [0.25, 0.3) is 33.4 Å². The molecular formula is C35H38O2. The molecule has 5 rings (SSSR count). The molecule has 37 heavy (non-hydrogen) atoms. The molecule has 0 unspecified atom stereocenters. The van der Waals surface area contributed by atoms with Crippen LogP contribution in [0.4, 0.5) is 0 Å². The number of hydrogen-bond donors (Lipinski definition) is 0.